The van der Waals surface area contributed by atoms with E-state index in [-0.39, 0.29) is 5.91 Å². The molecule has 0 spiro atoms. The van der Waals surface area contributed by atoms with Crippen molar-refractivity contribution < 1.29 is 9.21 Å². The minimum Gasteiger partial charge on any atom is -0.467 e. The average Bonchev–Trinajstić information content (AvgIpc) is 2.97. The van der Waals surface area contributed by atoms with Crippen molar-refractivity contribution in [2.75, 3.05) is 5.32 Å². The number of nitrogens with one attached hydrogen (secondary N) is 2. The molecule has 0 aliphatic carbocycles. The maximum absolute atomic E-state index is 12.1. The van der Waals surface area contributed by atoms with Crippen molar-refractivity contribution in [2.24, 2.45) is 0 Å². The normalized spacial score (nSPS) is 12.0. The van der Waals surface area contributed by atoms with E-state index in [4.69, 9.17) is 4.42 Å². The van der Waals surface area contributed by atoms with E-state index < -0.39 is 0 Å². The van der Waals surface area contributed by atoms with Crippen LogP contribution in [-0.2, 0) is 6.54 Å². The van der Waals surface area contributed by atoms with E-state index in [1.165, 1.54) is 0 Å². The number of amides is 1. The minimum absolute atomic E-state index is 0.246. The Balaban J connectivity index is 2.05. The first-order chi connectivity index (χ1) is 10.1. The van der Waals surface area contributed by atoms with E-state index in [9.17, 15) is 4.79 Å². The van der Waals surface area contributed by atoms with Gasteiger partial charge < -0.3 is 15.1 Å². The Kier molecular flexibility index (Phi) is 4.92. The predicted octanol–water partition coefficient (Wildman–Crippen LogP) is 2.52. The van der Waals surface area contributed by atoms with Gasteiger partial charge in [0.25, 0.3) is 5.91 Å². The first-order valence-electron chi connectivity index (χ1n) is 7.01. The molecule has 0 saturated heterocycles. The van der Waals surface area contributed by atoms with Gasteiger partial charge in [0.15, 0.2) is 0 Å². The molecule has 0 saturated carbocycles. The Morgan fingerprint density at radius 2 is 2.24 bits per heavy atom. The predicted molar refractivity (Wildman–Crippen MR) is 80.0 cm³/mol. The van der Waals surface area contributed by atoms with E-state index >= 15 is 0 Å². The van der Waals surface area contributed by atoms with Gasteiger partial charge in [0, 0.05) is 12.1 Å². The molecule has 2 heterocycles. The van der Waals surface area contributed by atoms with Crippen LogP contribution in [-0.4, -0.2) is 21.9 Å². The smallest absolute Gasteiger partial charge is 0.270 e. The molecule has 2 rings (SSSR count). The number of hydrogen-bond donors (Lipinski definition) is 2. The lowest BCUT2D eigenvalue weighted by molar-refractivity contribution is 0.0942. The van der Waals surface area contributed by atoms with Crippen molar-refractivity contribution in [3.8, 4) is 0 Å². The number of aromatic nitrogens is 2. The van der Waals surface area contributed by atoms with Gasteiger partial charge in [0.05, 0.1) is 12.8 Å². The second-order valence-electron chi connectivity index (χ2n) is 4.90. The molecule has 112 valence electrons. The topological polar surface area (TPSA) is 80.0 Å². The molecule has 0 aliphatic heterocycles. The molecule has 2 N–H and O–H groups in total. The van der Waals surface area contributed by atoms with E-state index in [1.807, 2.05) is 0 Å². The van der Waals surface area contributed by atoms with Gasteiger partial charge >= 0.3 is 0 Å². The van der Waals surface area contributed by atoms with E-state index in [0.29, 0.717) is 35.7 Å². The van der Waals surface area contributed by atoms with Gasteiger partial charge in [-0.1, -0.05) is 6.92 Å². The van der Waals surface area contributed by atoms with Gasteiger partial charge in [-0.25, -0.2) is 9.97 Å². The van der Waals surface area contributed by atoms with Crippen molar-refractivity contribution in [1.29, 1.82) is 0 Å². The standard InChI is InChI=1S/C15H20N4O2/c1-4-10(2)17-14-8-13(18-11(3)19-14)15(20)16-9-12-6-5-7-21-12/h5-8,10H,4,9H2,1-3H3,(H,16,20)(H,17,18,19). The zero-order chi connectivity index (χ0) is 15.2. The van der Waals surface area contributed by atoms with E-state index in [2.05, 4.69) is 34.4 Å². The van der Waals surface area contributed by atoms with Crippen LogP contribution in [0.1, 0.15) is 42.3 Å². The van der Waals surface area contributed by atoms with Gasteiger partial charge in [-0.15, -0.1) is 0 Å². The van der Waals surface area contributed by atoms with Gasteiger partial charge in [-0.05, 0) is 32.4 Å². The Hall–Kier alpha value is -2.37. The number of carbonyl (C=O) groups is 1. The van der Waals surface area contributed by atoms with Crippen LogP contribution in [0.3, 0.4) is 0 Å². The maximum Gasteiger partial charge on any atom is 0.270 e. The van der Waals surface area contributed by atoms with Gasteiger partial charge in [-0.2, -0.15) is 0 Å². The third kappa shape index (κ3) is 4.30. The molecule has 0 fully saturated rings. The average molecular weight is 288 g/mol. The van der Waals surface area contributed by atoms with Crippen LogP contribution in [0.25, 0.3) is 0 Å². The lowest BCUT2D eigenvalue weighted by atomic mass is 10.2. The molecule has 2 aromatic rings. The highest BCUT2D eigenvalue weighted by Gasteiger charge is 2.11. The number of hydrogen-bond acceptors (Lipinski definition) is 5. The molecule has 1 atom stereocenters. The van der Waals surface area contributed by atoms with Crippen LogP contribution < -0.4 is 10.6 Å². The molecule has 21 heavy (non-hydrogen) atoms. The lowest BCUT2D eigenvalue weighted by Crippen LogP contribution is -2.25. The lowest BCUT2D eigenvalue weighted by Gasteiger charge is -2.13. The Morgan fingerprint density at radius 3 is 2.90 bits per heavy atom. The summed E-state index contributed by atoms with van der Waals surface area (Å²) in [7, 11) is 0. The monoisotopic (exact) mass is 288 g/mol. The highest BCUT2D eigenvalue weighted by Crippen LogP contribution is 2.10. The van der Waals surface area contributed by atoms with Crippen molar-refractivity contribution in [1.82, 2.24) is 15.3 Å². The molecule has 0 aromatic carbocycles. The summed E-state index contributed by atoms with van der Waals surface area (Å²) in [5.41, 5.74) is 0.347. The highest BCUT2D eigenvalue weighted by atomic mass is 16.3. The summed E-state index contributed by atoms with van der Waals surface area (Å²) < 4.78 is 5.17. The minimum atomic E-state index is -0.246. The molecule has 0 bridgehead atoms. The van der Waals surface area contributed by atoms with Crippen LogP contribution in [0.15, 0.2) is 28.9 Å². The number of rotatable bonds is 6. The molecular formula is C15H20N4O2. The SMILES string of the molecule is CCC(C)Nc1cc(C(=O)NCc2ccco2)nc(C)n1. The van der Waals surface area contributed by atoms with Gasteiger partial charge in [0.1, 0.15) is 23.1 Å². The zero-order valence-electron chi connectivity index (χ0n) is 12.5. The van der Waals surface area contributed by atoms with Crippen molar-refractivity contribution in [3.63, 3.8) is 0 Å². The van der Waals surface area contributed by atoms with Crippen LogP contribution in [0, 0.1) is 6.92 Å². The third-order valence-electron chi connectivity index (χ3n) is 3.08. The number of aryl methyl sites for hydroxylation is 1. The molecule has 6 nitrogen and oxygen atoms in total. The van der Waals surface area contributed by atoms with Crippen molar-refractivity contribution >= 4 is 11.7 Å². The largest absolute Gasteiger partial charge is 0.467 e. The zero-order valence-corrected chi connectivity index (χ0v) is 12.5. The van der Waals surface area contributed by atoms with Crippen LogP contribution >= 0.6 is 0 Å². The van der Waals surface area contributed by atoms with Gasteiger partial charge in [0.2, 0.25) is 0 Å². The number of anilines is 1. The molecule has 0 radical (unpaired) electrons. The molecular weight excluding hydrogens is 268 g/mol. The van der Waals surface area contributed by atoms with Crippen LogP contribution in [0.2, 0.25) is 0 Å². The fraction of sp³-hybridized carbons (Fsp3) is 0.400. The Bertz CT molecular complexity index is 596. The summed E-state index contributed by atoms with van der Waals surface area (Å²) >= 11 is 0. The van der Waals surface area contributed by atoms with Crippen molar-refractivity contribution in [2.45, 2.75) is 39.8 Å². The second kappa shape index (κ2) is 6.88. The van der Waals surface area contributed by atoms with Crippen molar-refractivity contribution in [3.05, 3.63) is 41.7 Å². The highest BCUT2D eigenvalue weighted by molar-refractivity contribution is 5.92. The summed E-state index contributed by atoms with van der Waals surface area (Å²) in [5, 5.41) is 6.02. The quantitative estimate of drug-likeness (QED) is 0.853. The molecule has 0 aliphatic rings. The van der Waals surface area contributed by atoms with E-state index in [1.54, 1.807) is 31.4 Å². The summed E-state index contributed by atoms with van der Waals surface area (Å²) in [6, 6.07) is 5.54. The maximum atomic E-state index is 12.1. The fourth-order valence-electron chi connectivity index (χ4n) is 1.78. The molecule has 1 unspecified atom stereocenters. The Labute approximate surface area is 124 Å². The number of furan rings is 1. The van der Waals surface area contributed by atoms with E-state index in [0.717, 1.165) is 6.42 Å². The molecule has 1 amide bonds. The van der Waals surface area contributed by atoms with Gasteiger partial charge in [-0.3, -0.25) is 4.79 Å². The summed E-state index contributed by atoms with van der Waals surface area (Å²) in [5.74, 6) is 1.68. The van der Waals surface area contributed by atoms with Crippen LogP contribution in [0.5, 0.6) is 0 Å². The Morgan fingerprint density at radius 1 is 1.43 bits per heavy atom. The van der Waals surface area contributed by atoms with Crippen LogP contribution in [0.4, 0.5) is 5.82 Å². The molecule has 2 aromatic heterocycles. The number of carbonyl (C=O) groups excluding carboxylic acids is 1. The fourth-order valence-corrected chi connectivity index (χ4v) is 1.78. The summed E-state index contributed by atoms with van der Waals surface area (Å²) in [6.45, 7) is 6.25. The first-order valence-corrected chi connectivity index (χ1v) is 7.01. The number of nitrogens with zero attached hydrogens (tertiary/aromatic N) is 2. The molecule has 6 heteroatoms. The third-order valence-corrected chi connectivity index (χ3v) is 3.08. The summed E-state index contributed by atoms with van der Waals surface area (Å²) in [4.78, 5) is 20.6. The first kappa shape index (κ1) is 15.0. The second-order valence-corrected chi connectivity index (χ2v) is 4.90. The summed E-state index contributed by atoms with van der Waals surface area (Å²) in [6.07, 6.45) is 2.55.